The molecule has 0 radical (unpaired) electrons. The molecule has 2 aliphatic rings. The number of fused-ring (bicyclic) bond motifs is 1. The van der Waals surface area contributed by atoms with E-state index in [1.807, 2.05) is 24.5 Å². The monoisotopic (exact) mass is 478 g/mol. The van der Waals surface area contributed by atoms with Gasteiger partial charge in [-0.3, -0.25) is 4.98 Å². The molecule has 0 bridgehead atoms. The van der Waals surface area contributed by atoms with Gasteiger partial charge in [-0.25, -0.2) is 18.4 Å². The Morgan fingerprint density at radius 2 is 1.74 bits per heavy atom. The lowest BCUT2D eigenvalue weighted by Crippen LogP contribution is -2.46. The lowest BCUT2D eigenvalue weighted by atomic mass is 9.79. The number of benzene rings is 1. The number of aromatic nitrogens is 3. The number of hydrogen-bond acceptors (Lipinski definition) is 7. The van der Waals surface area contributed by atoms with Crippen LogP contribution in [0.4, 0.5) is 5.95 Å². The Morgan fingerprint density at radius 1 is 1.06 bits per heavy atom. The molecule has 1 saturated heterocycles. The predicted molar refractivity (Wildman–Crippen MR) is 132 cm³/mol. The van der Waals surface area contributed by atoms with Crippen molar-refractivity contribution >= 4 is 15.8 Å². The van der Waals surface area contributed by atoms with Crippen LogP contribution in [0.1, 0.15) is 37.8 Å². The van der Waals surface area contributed by atoms with E-state index in [-0.39, 0.29) is 5.60 Å². The first-order valence-electron chi connectivity index (χ1n) is 11.8. The van der Waals surface area contributed by atoms with Crippen LogP contribution < -0.4 is 9.64 Å². The van der Waals surface area contributed by atoms with E-state index in [9.17, 15) is 8.42 Å². The molecule has 1 atom stereocenters. The van der Waals surface area contributed by atoms with Crippen molar-refractivity contribution in [2.75, 3.05) is 24.2 Å². The fourth-order valence-corrected chi connectivity index (χ4v) is 5.65. The molecule has 8 heteroatoms. The van der Waals surface area contributed by atoms with Crippen molar-refractivity contribution in [1.82, 2.24) is 15.0 Å². The van der Waals surface area contributed by atoms with Gasteiger partial charge in [-0.2, -0.15) is 0 Å². The van der Waals surface area contributed by atoms with Crippen LogP contribution in [0.3, 0.4) is 0 Å². The van der Waals surface area contributed by atoms with Crippen LogP contribution in [0.15, 0.2) is 53.8 Å². The van der Waals surface area contributed by atoms with E-state index in [4.69, 9.17) is 4.74 Å². The molecule has 0 saturated carbocycles. The molecular formula is C26H30N4O3S. The summed E-state index contributed by atoms with van der Waals surface area (Å²) in [6.07, 6.45) is 10.7. The minimum atomic E-state index is -3.22. The molecule has 2 aliphatic heterocycles. The molecule has 1 fully saturated rings. The second-order valence-electron chi connectivity index (χ2n) is 9.57. The van der Waals surface area contributed by atoms with Crippen LogP contribution in [0.25, 0.3) is 11.3 Å². The van der Waals surface area contributed by atoms with E-state index in [1.165, 1.54) is 6.26 Å². The average Bonchev–Trinajstić information content (AvgIpc) is 3.20. The normalized spacial score (nSPS) is 20.7. The highest BCUT2D eigenvalue weighted by atomic mass is 32.2. The van der Waals surface area contributed by atoms with Crippen molar-refractivity contribution in [2.24, 2.45) is 5.92 Å². The standard InChI is InChI=1S/C26H30N4O3S/c1-4-18-15-28-25(29-16-18)30-11-9-21(10-12-30)26(2)14-20-13-23(27-17-24(20)33-26)19-5-7-22(8-6-19)34(3,31)32/h5-8,13,15-17,21H,4,9-12,14H2,1-3H3. The number of aryl methyl sites for hydroxylation is 1. The Kier molecular flexibility index (Phi) is 5.80. The molecule has 0 spiro atoms. The quantitative estimate of drug-likeness (QED) is 0.545. The number of hydrogen-bond donors (Lipinski definition) is 0. The van der Waals surface area contributed by atoms with E-state index >= 15 is 0 Å². The first-order chi connectivity index (χ1) is 16.2. The van der Waals surface area contributed by atoms with E-state index in [2.05, 4.69) is 39.8 Å². The molecule has 2 aromatic heterocycles. The Hall–Kier alpha value is -3.00. The lowest BCUT2D eigenvalue weighted by molar-refractivity contribution is 0.0347. The predicted octanol–water partition coefficient (Wildman–Crippen LogP) is 4.11. The van der Waals surface area contributed by atoms with Gasteiger partial charge in [0, 0.05) is 55.2 Å². The molecule has 3 aromatic rings. The highest BCUT2D eigenvalue weighted by Gasteiger charge is 2.43. The maximum Gasteiger partial charge on any atom is 0.225 e. The van der Waals surface area contributed by atoms with E-state index in [1.54, 1.807) is 18.3 Å². The number of rotatable bonds is 5. The third kappa shape index (κ3) is 4.39. The van der Waals surface area contributed by atoms with Crippen molar-refractivity contribution in [2.45, 2.75) is 50.0 Å². The van der Waals surface area contributed by atoms with Gasteiger partial charge in [0.2, 0.25) is 5.95 Å². The Bertz CT molecular complexity index is 1280. The van der Waals surface area contributed by atoms with E-state index < -0.39 is 9.84 Å². The second kappa shape index (κ2) is 8.65. The molecular weight excluding hydrogens is 448 g/mol. The summed E-state index contributed by atoms with van der Waals surface area (Å²) in [6, 6.07) is 8.96. The van der Waals surface area contributed by atoms with Gasteiger partial charge in [0.25, 0.3) is 0 Å². The zero-order valence-corrected chi connectivity index (χ0v) is 20.7. The summed E-state index contributed by atoms with van der Waals surface area (Å²) in [5, 5.41) is 0. The van der Waals surface area contributed by atoms with Crippen molar-refractivity contribution in [3.05, 3.63) is 60.0 Å². The highest BCUT2D eigenvalue weighted by Crippen LogP contribution is 2.43. The smallest absolute Gasteiger partial charge is 0.225 e. The topological polar surface area (TPSA) is 85.3 Å². The summed E-state index contributed by atoms with van der Waals surface area (Å²) < 4.78 is 29.9. The minimum absolute atomic E-state index is 0.262. The number of ether oxygens (including phenoxy) is 1. The fraction of sp³-hybridized carbons (Fsp3) is 0.423. The summed E-state index contributed by atoms with van der Waals surface area (Å²) in [5.41, 5.74) is 3.77. The summed E-state index contributed by atoms with van der Waals surface area (Å²) in [6.45, 7) is 6.15. The molecule has 0 amide bonds. The molecule has 1 unspecified atom stereocenters. The van der Waals surface area contributed by atoms with E-state index in [0.29, 0.717) is 10.8 Å². The Labute approximate surface area is 201 Å². The van der Waals surface area contributed by atoms with Gasteiger partial charge in [0.05, 0.1) is 16.8 Å². The van der Waals surface area contributed by atoms with Gasteiger partial charge in [-0.1, -0.05) is 19.1 Å². The summed E-state index contributed by atoms with van der Waals surface area (Å²) >= 11 is 0. The molecule has 5 rings (SSSR count). The van der Waals surface area contributed by atoms with Gasteiger partial charge in [-0.05, 0) is 49.9 Å². The van der Waals surface area contributed by atoms with E-state index in [0.717, 1.165) is 72.9 Å². The number of anilines is 1. The third-order valence-electron chi connectivity index (χ3n) is 7.15. The fourth-order valence-electron chi connectivity index (χ4n) is 5.02. The minimum Gasteiger partial charge on any atom is -0.485 e. The number of nitrogens with zero attached hydrogens (tertiary/aromatic N) is 4. The Balaban J connectivity index is 1.27. The molecule has 4 heterocycles. The molecule has 34 heavy (non-hydrogen) atoms. The van der Waals surface area contributed by atoms with Crippen LogP contribution in [0, 0.1) is 5.92 Å². The van der Waals surface area contributed by atoms with Crippen LogP contribution in [0.2, 0.25) is 0 Å². The number of pyridine rings is 1. The van der Waals surface area contributed by atoms with Crippen LogP contribution in [-0.4, -0.2) is 48.3 Å². The van der Waals surface area contributed by atoms with Crippen molar-refractivity contribution in [3.63, 3.8) is 0 Å². The number of sulfone groups is 1. The molecule has 1 aromatic carbocycles. The Morgan fingerprint density at radius 3 is 2.35 bits per heavy atom. The van der Waals surface area contributed by atoms with Crippen LogP contribution >= 0.6 is 0 Å². The SMILES string of the molecule is CCc1cnc(N2CCC(C3(C)Cc4cc(-c5ccc(S(C)(=O)=O)cc5)ncc4O3)CC2)nc1. The van der Waals surface area contributed by atoms with Crippen LogP contribution in [-0.2, 0) is 22.7 Å². The van der Waals surface area contributed by atoms with Crippen molar-refractivity contribution < 1.29 is 13.2 Å². The van der Waals surface area contributed by atoms with Gasteiger partial charge in [0.1, 0.15) is 11.4 Å². The zero-order valence-electron chi connectivity index (χ0n) is 19.9. The van der Waals surface area contributed by atoms with Gasteiger partial charge >= 0.3 is 0 Å². The second-order valence-corrected chi connectivity index (χ2v) is 11.6. The van der Waals surface area contributed by atoms with Crippen LogP contribution in [0.5, 0.6) is 5.75 Å². The van der Waals surface area contributed by atoms with Crippen molar-refractivity contribution in [1.29, 1.82) is 0 Å². The summed E-state index contributed by atoms with van der Waals surface area (Å²) in [4.78, 5) is 16.3. The summed E-state index contributed by atoms with van der Waals surface area (Å²) in [7, 11) is -3.22. The molecule has 7 nitrogen and oxygen atoms in total. The van der Waals surface area contributed by atoms with Crippen molar-refractivity contribution in [3.8, 4) is 17.0 Å². The van der Waals surface area contributed by atoms with Gasteiger partial charge < -0.3 is 9.64 Å². The maximum absolute atomic E-state index is 11.7. The third-order valence-corrected chi connectivity index (χ3v) is 8.28. The first kappa shape index (κ1) is 22.8. The summed E-state index contributed by atoms with van der Waals surface area (Å²) in [5.74, 6) is 2.09. The maximum atomic E-state index is 11.7. The lowest BCUT2D eigenvalue weighted by Gasteiger charge is -2.40. The molecule has 0 aliphatic carbocycles. The highest BCUT2D eigenvalue weighted by molar-refractivity contribution is 7.90. The number of piperidine rings is 1. The molecule has 0 N–H and O–H groups in total. The zero-order chi connectivity index (χ0) is 23.9. The molecule has 178 valence electrons. The average molecular weight is 479 g/mol. The largest absolute Gasteiger partial charge is 0.485 e. The first-order valence-corrected chi connectivity index (χ1v) is 13.7. The van der Waals surface area contributed by atoms with Gasteiger partial charge in [0.15, 0.2) is 9.84 Å². The van der Waals surface area contributed by atoms with Gasteiger partial charge in [-0.15, -0.1) is 0 Å².